The van der Waals surface area contributed by atoms with Gasteiger partial charge in [0, 0.05) is 18.2 Å². The van der Waals surface area contributed by atoms with Crippen molar-refractivity contribution in [2.45, 2.75) is 39.8 Å². The lowest BCUT2D eigenvalue weighted by atomic mass is 10.4. The minimum atomic E-state index is -0.201. The van der Waals surface area contributed by atoms with Gasteiger partial charge in [-0.1, -0.05) is 0 Å². The first kappa shape index (κ1) is 11.6. The summed E-state index contributed by atoms with van der Waals surface area (Å²) in [5.74, 6) is 0.711. The largest absolute Gasteiger partial charge is 0.336 e. The Balaban J connectivity index is 2.64. The van der Waals surface area contributed by atoms with Gasteiger partial charge in [-0.3, -0.25) is 5.32 Å². The lowest BCUT2D eigenvalue weighted by molar-refractivity contribution is 0.249. The first-order valence-corrected chi connectivity index (χ1v) is 5.11. The molecular weight excluding hydrogens is 192 g/mol. The van der Waals surface area contributed by atoms with Gasteiger partial charge >= 0.3 is 6.03 Å². The number of rotatable bonds is 3. The van der Waals surface area contributed by atoms with Gasteiger partial charge in [-0.2, -0.15) is 5.10 Å². The summed E-state index contributed by atoms with van der Waals surface area (Å²) in [5.41, 5.74) is 0. The fraction of sp³-hybridized carbons (Fsp3) is 0.600. The molecular formula is C10H18N4O. The quantitative estimate of drug-likeness (QED) is 0.801. The van der Waals surface area contributed by atoms with Crippen LogP contribution in [0.4, 0.5) is 10.6 Å². The molecule has 2 amide bonds. The highest BCUT2D eigenvalue weighted by atomic mass is 16.2. The van der Waals surface area contributed by atoms with Crippen molar-refractivity contribution in [3.8, 4) is 0 Å². The van der Waals surface area contributed by atoms with E-state index in [1.807, 2.05) is 27.7 Å². The number of aromatic nitrogens is 2. The van der Waals surface area contributed by atoms with Crippen molar-refractivity contribution >= 4 is 11.8 Å². The van der Waals surface area contributed by atoms with Crippen LogP contribution in [-0.4, -0.2) is 21.9 Å². The number of anilines is 1. The van der Waals surface area contributed by atoms with E-state index in [0.29, 0.717) is 5.82 Å². The fourth-order valence-electron chi connectivity index (χ4n) is 1.24. The number of carbonyl (C=O) groups excluding carboxylic acids is 1. The van der Waals surface area contributed by atoms with Crippen LogP contribution in [0.2, 0.25) is 0 Å². The van der Waals surface area contributed by atoms with E-state index in [0.717, 1.165) is 0 Å². The van der Waals surface area contributed by atoms with E-state index in [1.54, 1.807) is 16.9 Å². The Labute approximate surface area is 89.9 Å². The number of carbonyl (C=O) groups is 1. The SMILES string of the molecule is CC(C)NC(=O)Nc1ccnn1C(C)C. The van der Waals surface area contributed by atoms with Gasteiger partial charge in [-0.15, -0.1) is 0 Å². The molecule has 2 N–H and O–H groups in total. The fourth-order valence-corrected chi connectivity index (χ4v) is 1.24. The molecule has 84 valence electrons. The number of urea groups is 1. The predicted octanol–water partition coefficient (Wildman–Crippen LogP) is 1.99. The lowest BCUT2D eigenvalue weighted by Crippen LogP contribution is -2.34. The number of hydrogen-bond acceptors (Lipinski definition) is 2. The average molecular weight is 210 g/mol. The van der Waals surface area contributed by atoms with Crippen LogP contribution in [0, 0.1) is 0 Å². The van der Waals surface area contributed by atoms with Crippen LogP contribution in [0.25, 0.3) is 0 Å². The number of hydrogen-bond donors (Lipinski definition) is 2. The van der Waals surface area contributed by atoms with Crippen LogP contribution in [0.3, 0.4) is 0 Å². The number of nitrogens with one attached hydrogen (secondary N) is 2. The predicted molar refractivity (Wildman–Crippen MR) is 59.9 cm³/mol. The van der Waals surface area contributed by atoms with E-state index in [4.69, 9.17) is 0 Å². The molecule has 0 aliphatic rings. The van der Waals surface area contributed by atoms with Gasteiger partial charge in [0.1, 0.15) is 5.82 Å². The minimum Gasteiger partial charge on any atom is -0.336 e. The van der Waals surface area contributed by atoms with E-state index >= 15 is 0 Å². The van der Waals surface area contributed by atoms with E-state index in [2.05, 4.69) is 15.7 Å². The third-order valence-corrected chi connectivity index (χ3v) is 1.82. The second-order valence-corrected chi connectivity index (χ2v) is 4.01. The molecule has 1 aromatic rings. The summed E-state index contributed by atoms with van der Waals surface area (Å²) in [6.45, 7) is 7.86. The van der Waals surface area contributed by atoms with Crippen molar-refractivity contribution in [2.75, 3.05) is 5.32 Å². The Morgan fingerprint density at radius 1 is 1.40 bits per heavy atom. The van der Waals surface area contributed by atoms with Gasteiger partial charge < -0.3 is 5.32 Å². The zero-order valence-corrected chi connectivity index (χ0v) is 9.61. The number of amides is 2. The maximum atomic E-state index is 11.4. The third kappa shape index (κ3) is 3.27. The van der Waals surface area contributed by atoms with Gasteiger partial charge in [0.25, 0.3) is 0 Å². The summed E-state index contributed by atoms with van der Waals surface area (Å²) < 4.78 is 1.76. The van der Waals surface area contributed by atoms with E-state index in [1.165, 1.54) is 0 Å². The molecule has 0 aliphatic heterocycles. The topological polar surface area (TPSA) is 59.0 Å². The Hall–Kier alpha value is -1.52. The Morgan fingerprint density at radius 3 is 2.60 bits per heavy atom. The van der Waals surface area contributed by atoms with E-state index in [-0.39, 0.29) is 18.1 Å². The molecule has 0 bridgehead atoms. The Kier molecular flexibility index (Phi) is 3.71. The highest BCUT2D eigenvalue weighted by Gasteiger charge is 2.09. The molecule has 0 fully saturated rings. The summed E-state index contributed by atoms with van der Waals surface area (Å²) in [4.78, 5) is 11.4. The van der Waals surface area contributed by atoms with Crippen LogP contribution < -0.4 is 10.6 Å². The summed E-state index contributed by atoms with van der Waals surface area (Å²) in [6.07, 6.45) is 1.67. The Bertz CT molecular complexity index is 330. The molecule has 0 aromatic carbocycles. The molecule has 5 heteroatoms. The van der Waals surface area contributed by atoms with Crippen molar-refractivity contribution in [3.05, 3.63) is 12.3 Å². The van der Waals surface area contributed by atoms with Crippen molar-refractivity contribution < 1.29 is 4.79 Å². The van der Waals surface area contributed by atoms with Crippen molar-refractivity contribution in [1.82, 2.24) is 15.1 Å². The smallest absolute Gasteiger partial charge is 0.320 e. The molecule has 0 aliphatic carbocycles. The summed E-state index contributed by atoms with van der Waals surface area (Å²) in [7, 11) is 0. The molecule has 1 rings (SSSR count). The molecule has 0 atom stereocenters. The highest BCUT2D eigenvalue weighted by Crippen LogP contribution is 2.12. The molecule has 0 spiro atoms. The first-order chi connectivity index (χ1) is 7.00. The second kappa shape index (κ2) is 4.82. The zero-order chi connectivity index (χ0) is 11.4. The second-order valence-electron chi connectivity index (χ2n) is 4.01. The van der Waals surface area contributed by atoms with E-state index in [9.17, 15) is 4.79 Å². The standard InChI is InChI=1S/C10H18N4O/c1-7(2)12-10(15)13-9-5-6-11-14(9)8(3)4/h5-8H,1-4H3,(H2,12,13,15). The van der Waals surface area contributed by atoms with Crippen LogP contribution >= 0.6 is 0 Å². The van der Waals surface area contributed by atoms with Crippen LogP contribution in [0.15, 0.2) is 12.3 Å². The van der Waals surface area contributed by atoms with Gasteiger partial charge in [0.15, 0.2) is 0 Å². The summed E-state index contributed by atoms with van der Waals surface area (Å²) in [5, 5.41) is 9.63. The van der Waals surface area contributed by atoms with Crippen LogP contribution in [-0.2, 0) is 0 Å². The highest BCUT2D eigenvalue weighted by molar-refractivity contribution is 5.88. The summed E-state index contributed by atoms with van der Waals surface area (Å²) >= 11 is 0. The Morgan fingerprint density at radius 2 is 2.07 bits per heavy atom. The minimum absolute atomic E-state index is 0.125. The molecule has 5 nitrogen and oxygen atoms in total. The maximum absolute atomic E-state index is 11.4. The van der Waals surface area contributed by atoms with Crippen LogP contribution in [0.5, 0.6) is 0 Å². The molecule has 0 saturated carbocycles. The molecule has 0 unspecified atom stereocenters. The first-order valence-electron chi connectivity index (χ1n) is 5.11. The van der Waals surface area contributed by atoms with Gasteiger partial charge in [-0.25, -0.2) is 9.48 Å². The van der Waals surface area contributed by atoms with Crippen LogP contribution in [0.1, 0.15) is 33.7 Å². The average Bonchev–Trinajstić information content (AvgIpc) is 2.50. The van der Waals surface area contributed by atoms with E-state index < -0.39 is 0 Å². The van der Waals surface area contributed by atoms with Gasteiger partial charge in [0.2, 0.25) is 0 Å². The molecule has 0 saturated heterocycles. The van der Waals surface area contributed by atoms with Gasteiger partial charge in [0.05, 0.1) is 6.20 Å². The lowest BCUT2D eigenvalue weighted by Gasteiger charge is -2.13. The van der Waals surface area contributed by atoms with Gasteiger partial charge in [-0.05, 0) is 27.7 Å². The van der Waals surface area contributed by atoms with Crippen molar-refractivity contribution in [1.29, 1.82) is 0 Å². The van der Waals surface area contributed by atoms with Crippen molar-refractivity contribution in [2.24, 2.45) is 0 Å². The maximum Gasteiger partial charge on any atom is 0.320 e. The monoisotopic (exact) mass is 210 g/mol. The number of nitrogens with zero attached hydrogens (tertiary/aromatic N) is 2. The molecule has 1 aromatic heterocycles. The zero-order valence-electron chi connectivity index (χ0n) is 9.61. The van der Waals surface area contributed by atoms with Crippen molar-refractivity contribution in [3.63, 3.8) is 0 Å². The molecule has 0 radical (unpaired) electrons. The third-order valence-electron chi connectivity index (χ3n) is 1.82. The summed E-state index contributed by atoms with van der Waals surface area (Å²) in [6, 6.07) is 1.93. The molecule has 1 heterocycles. The molecule has 15 heavy (non-hydrogen) atoms. The normalized spacial score (nSPS) is 10.8.